The van der Waals surface area contributed by atoms with Crippen LogP contribution in [0.4, 0.5) is 0 Å². The standard InChI is InChI=1S/C24H29NO/c1-16(26)20(17-10-12-25-13-11-17)14-24-15-21(18-6-2-4-8-22(18)24)19-7-3-5-9-23(19)24/h2-9,16-17,20-21,25-26H,10-15H2,1H3. The third-order valence-corrected chi connectivity index (χ3v) is 7.45. The number of aliphatic hydroxyl groups is 1. The van der Waals surface area contributed by atoms with Crippen molar-refractivity contribution in [2.45, 2.75) is 50.0 Å². The summed E-state index contributed by atoms with van der Waals surface area (Å²) in [5.41, 5.74) is 6.22. The lowest BCUT2D eigenvalue weighted by molar-refractivity contribution is 0.0574. The van der Waals surface area contributed by atoms with Gasteiger partial charge < -0.3 is 10.4 Å². The van der Waals surface area contributed by atoms with Crippen LogP contribution >= 0.6 is 0 Å². The second kappa shape index (κ2) is 6.21. The molecule has 3 aliphatic rings. The zero-order valence-corrected chi connectivity index (χ0v) is 15.6. The van der Waals surface area contributed by atoms with Gasteiger partial charge in [0.1, 0.15) is 0 Å². The lowest BCUT2D eigenvalue weighted by Gasteiger charge is -2.40. The predicted octanol–water partition coefficient (Wildman–Crippen LogP) is 4.21. The fourth-order valence-electron chi connectivity index (χ4n) is 6.28. The number of benzene rings is 2. The number of hydrogen-bond acceptors (Lipinski definition) is 2. The van der Waals surface area contributed by atoms with Gasteiger partial charge in [-0.2, -0.15) is 0 Å². The molecule has 0 spiro atoms. The molecule has 2 atom stereocenters. The first-order chi connectivity index (χ1) is 12.7. The van der Waals surface area contributed by atoms with Gasteiger partial charge in [0.25, 0.3) is 0 Å². The van der Waals surface area contributed by atoms with Gasteiger partial charge in [-0.05, 0) is 79.8 Å². The molecule has 0 aromatic heterocycles. The first-order valence-electron chi connectivity index (χ1n) is 10.3. The Balaban J connectivity index is 1.59. The third kappa shape index (κ3) is 2.32. The maximum absolute atomic E-state index is 10.7. The number of fused-ring (bicyclic) bond motifs is 8. The minimum absolute atomic E-state index is 0.102. The zero-order valence-electron chi connectivity index (χ0n) is 15.6. The van der Waals surface area contributed by atoms with E-state index < -0.39 is 0 Å². The molecule has 2 unspecified atom stereocenters. The fourth-order valence-corrected chi connectivity index (χ4v) is 6.28. The van der Waals surface area contributed by atoms with Crippen molar-refractivity contribution in [2.75, 3.05) is 13.1 Å². The van der Waals surface area contributed by atoms with Gasteiger partial charge in [-0.1, -0.05) is 48.5 Å². The monoisotopic (exact) mass is 347 g/mol. The second-order valence-corrected chi connectivity index (χ2v) is 8.71. The number of aliphatic hydroxyl groups excluding tert-OH is 1. The molecule has 2 aliphatic carbocycles. The lowest BCUT2D eigenvalue weighted by Crippen LogP contribution is -2.39. The number of hydrogen-bond donors (Lipinski definition) is 2. The molecular weight excluding hydrogens is 318 g/mol. The van der Waals surface area contributed by atoms with E-state index in [1.165, 1.54) is 41.5 Å². The molecule has 0 saturated carbocycles. The molecule has 2 N–H and O–H groups in total. The minimum Gasteiger partial charge on any atom is -0.393 e. The van der Waals surface area contributed by atoms with E-state index in [9.17, 15) is 5.11 Å². The van der Waals surface area contributed by atoms with Crippen molar-refractivity contribution in [1.82, 2.24) is 5.32 Å². The van der Waals surface area contributed by atoms with E-state index in [4.69, 9.17) is 0 Å². The van der Waals surface area contributed by atoms with Gasteiger partial charge in [-0.25, -0.2) is 0 Å². The Morgan fingerprint density at radius 2 is 1.58 bits per heavy atom. The summed E-state index contributed by atoms with van der Waals surface area (Å²) in [6, 6.07) is 18.2. The van der Waals surface area contributed by atoms with Gasteiger partial charge in [-0.15, -0.1) is 0 Å². The van der Waals surface area contributed by atoms with Gasteiger partial charge >= 0.3 is 0 Å². The van der Waals surface area contributed by atoms with Crippen molar-refractivity contribution in [3.8, 4) is 0 Å². The van der Waals surface area contributed by atoms with Crippen LogP contribution in [0.1, 0.15) is 60.8 Å². The summed E-state index contributed by atoms with van der Waals surface area (Å²) < 4.78 is 0. The smallest absolute Gasteiger partial charge is 0.0543 e. The summed E-state index contributed by atoms with van der Waals surface area (Å²) in [5.74, 6) is 1.55. The van der Waals surface area contributed by atoms with E-state index in [0.29, 0.717) is 17.8 Å². The maximum atomic E-state index is 10.7. The molecule has 2 heteroatoms. The Hall–Kier alpha value is -1.64. The van der Waals surface area contributed by atoms with E-state index in [0.717, 1.165) is 19.5 Å². The van der Waals surface area contributed by atoms with Crippen molar-refractivity contribution < 1.29 is 5.11 Å². The third-order valence-electron chi connectivity index (χ3n) is 7.45. The summed E-state index contributed by atoms with van der Waals surface area (Å²) in [6.07, 6.45) is 4.42. The molecule has 1 saturated heterocycles. The molecule has 1 heterocycles. The van der Waals surface area contributed by atoms with Gasteiger partial charge in [0.2, 0.25) is 0 Å². The molecule has 5 rings (SSSR count). The van der Waals surface area contributed by atoms with Gasteiger partial charge in [0.05, 0.1) is 6.10 Å². The Kier molecular flexibility index (Phi) is 3.95. The fraction of sp³-hybridized carbons (Fsp3) is 0.500. The largest absolute Gasteiger partial charge is 0.393 e. The molecular formula is C24H29NO. The normalized spacial score (nSPS) is 29.2. The zero-order chi connectivity index (χ0) is 17.7. The highest BCUT2D eigenvalue weighted by molar-refractivity contribution is 5.62. The summed E-state index contributed by atoms with van der Waals surface area (Å²) in [6.45, 7) is 4.20. The Morgan fingerprint density at radius 3 is 2.15 bits per heavy atom. The first kappa shape index (κ1) is 16.5. The average Bonchev–Trinajstić information content (AvgIpc) is 3.19. The van der Waals surface area contributed by atoms with Crippen LogP contribution in [0, 0.1) is 11.8 Å². The molecule has 2 nitrogen and oxygen atoms in total. The van der Waals surface area contributed by atoms with Crippen molar-refractivity contribution in [3.05, 3.63) is 70.8 Å². The molecule has 136 valence electrons. The van der Waals surface area contributed by atoms with E-state index in [1.54, 1.807) is 0 Å². The summed E-state index contributed by atoms with van der Waals surface area (Å²) in [7, 11) is 0. The Morgan fingerprint density at radius 1 is 1.00 bits per heavy atom. The van der Waals surface area contributed by atoms with Crippen LogP contribution in [-0.2, 0) is 5.41 Å². The summed E-state index contributed by atoms with van der Waals surface area (Å²) in [5, 5.41) is 14.2. The van der Waals surface area contributed by atoms with Crippen molar-refractivity contribution in [2.24, 2.45) is 11.8 Å². The number of nitrogens with one attached hydrogen (secondary N) is 1. The van der Waals surface area contributed by atoms with Gasteiger partial charge in [0, 0.05) is 11.3 Å². The highest BCUT2D eigenvalue weighted by atomic mass is 16.3. The van der Waals surface area contributed by atoms with Crippen molar-refractivity contribution in [3.63, 3.8) is 0 Å². The first-order valence-corrected chi connectivity index (χ1v) is 10.3. The minimum atomic E-state index is -0.244. The van der Waals surface area contributed by atoms with Crippen molar-refractivity contribution in [1.29, 1.82) is 0 Å². The predicted molar refractivity (Wildman–Crippen MR) is 106 cm³/mol. The molecule has 0 radical (unpaired) electrons. The van der Waals surface area contributed by atoms with Crippen molar-refractivity contribution >= 4 is 0 Å². The molecule has 1 fully saturated rings. The van der Waals surface area contributed by atoms with Crippen LogP contribution in [0.2, 0.25) is 0 Å². The van der Waals surface area contributed by atoms with E-state index in [-0.39, 0.29) is 11.5 Å². The van der Waals surface area contributed by atoms with Crippen LogP contribution in [0.3, 0.4) is 0 Å². The molecule has 2 aromatic rings. The van der Waals surface area contributed by atoms with Crippen LogP contribution in [0.25, 0.3) is 0 Å². The average molecular weight is 348 g/mol. The van der Waals surface area contributed by atoms with Crippen LogP contribution < -0.4 is 5.32 Å². The number of rotatable bonds is 4. The molecule has 1 aliphatic heterocycles. The molecule has 0 amide bonds. The van der Waals surface area contributed by atoms with Crippen LogP contribution in [0.15, 0.2) is 48.5 Å². The summed E-state index contributed by atoms with van der Waals surface area (Å²) >= 11 is 0. The highest BCUT2D eigenvalue weighted by Gasteiger charge is 2.53. The van der Waals surface area contributed by atoms with E-state index >= 15 is 0 Å². The molecule has 2 aromatic carbocycles. The van der Waals surface area contributed by atoms with Gasteiger partial charge in [0.15, 0.2) is 0 Å². The number of piperidine rings is 1. The molecule has 26 heavy (non-hydrogen) atoms. The van der Waals surface area contributed by atoms with E-state index in [2.05, 4.69) is 53.8 Å². The maximum Gasteiger partial charge on any atom is 0.0543 e. The van der Waals surface area contributed by atoms with Gasteiger partial charge in [-0.3, -0.25) is 0 Å². The van der Waals surface area contributed by atoms with Crippen LogP contribution in [0.5, 0.6) is 0 Å². The Labute approximate surface area is 156 Å². The molecule has 2 bridgehead atoms. The summed E-state index contributed by atoms with van der Waals surface area (Å²) in [4.78, 5) is 0. The SMILES string of the molecule is CC(O)C(CC12CC(c3ccccc31)c1ccccc12)C1CCNCC1. The second-order valence-electron chi connectivity index (χ2n) is 8.71. The highest BCUT2D eigenvalue weighted by Crippen LogP contribution is 2.62. The Bertz CT molecular complexity index is 758. The topological polar surface area (TPSA) is 32.3 Å². The quantitative estimate of drug-likeness (QED) is 0.868. The van der Waals surface area contributed by atoms with Crippen LogP contribution in [-0.4, -0.2) is 24.3 Å². The lowest BCUT2D eigenvalue weighted by atomic mass is 9.66. The van der Waals surface area contributed by atoms with E-state index in [1.807, 2.05) is 6.92 Å².